The molecule has 1 saturated heterocycles. The Morgan fingerprint density at radius 1 is 1.08 bits per heavy atom. The van der Waals surface area contributed by atoms with Crippen LogP contribution in [0.25, 0.3) is 0 Å². The quantitative estimate of drug-likeness (QED) is 0.704. The first kappa shape index (κ1) is 8.98. The Kier molecular flexibility index (Phi) is 2.82. The van der Waals surface area contributed by atoms with Gasteiger partial charge in [-0.25, -0.2) is 0 Å². The molecule has 1 nitrogen and oxygen atoms in total. The van der Waals surface area contributed by atoms with Crippen molar-refractivity contribution in [2.24, 2.45) is 0 Å². The van der Waals surface area contributed by atoms with Crippen LogP contribution in [0.2, 0.25) is 0 Å². The van der Waals surface area contributed by atoms with E-state index in [2.05, 4.69) is 50.8 Å². The van der Waals surface area contributed by atoms with E-state index in [9.17, 15) is 0 Å². The summed E-state index contributed by atoms with van der Waals surface area (Å²) in [6, 6.07) is 10.5. The zero-order valence-corrected chi connectivity index (χ0v) is 9.28. The minimum atomic E-state index is 1.21. The van der Waals surface area contributed by atoms with Crippen LogP contribution in [0.4, 0.5) is 0 Å². The average Bonchev–Trinajstić information content (AvgIpc) is 2.71. The van der Waals surface area contributed by atoms with E-state index >= 15 is 0 Å². The Morgan fingerprint density at radius 2 is 1.69 bits per heavy atom. The van der Waals surface area contributed by atoms with Crippen molar-refractivity contribution in [2.75, 3.05) is 13.1 Å². The number of rotatable bonds is 2. The van der Waals surface area contributed by atoms with Gasteiger partial charge in [-0.05, 0) is 0 Å². The summed E-state index contributed by atoms with van der Waals surface area (Å²) in [5, 5.41) is 0. The van der Waals surface area contributed by atoms with Gasteiger partial charge in [0.25, 0.3) is 0 Å². The van der Waals surface area contributed by atoms with Crippen LogP contribution in [-0.4, -0.2) is 38.1 Å². The van der Waals surface area contributed by atoms with E-state index in [1.54, 1.807) is 0 Å². The Morgan fingerprint density at radius 3 is 2.31 bits per heavy atom. The molecule has 1 heterocycles. The van der Waals surface area contributed by atoms with Gasteiger partial charge in [-0.2, -0.15) is 0 Å². The van der Waals surface area contributed by atoms with E-state index in [0.29, 0.717) is 0 Å². The Bertz CT molecular complexity index is 288. The number of nitrogens with zero attached hydrogens (tertiary/aromatic N) is 1. The summed E-state index contributed by atoms with van der Waals surface area (Å²) in [5.41, 5.74) is 1.31. The van der Waals surface area contributed by atoms with Crippen molar-refractivity contribution in [3.05, 3.63) is 35.9 Å². The fraction of sp³-hybridized carbons (Fsp3) is 0.364. The summed E-state index contributed by atoms with van der Waals surface area (Å²) >= 11 is 3.18. The van der Waals surface area contributed by atoms with Gasteiger partial charge in [-0.15, -0.1) is 0 Å². The molecule has 1 aliphatic rings. The van der Waals surface area contributed by atoms with Crippen molar-refractivity contribution in [1.82, 2.24) is 4.90 Å². The summed E-state index contributed by atoms with van der Waals surface area (Å²) in [5.74, 6) is 0. The Hall–Kier alpha value is -0.591. The zero-order valence-electron chi connectivity index (χ0n) is 7.57. The Balaban J connectivity index is 2.13. The van der Waals surface area contributed by atoms with E-state index in [1.807, 2.05) is 0 Å². The first-order chi connectivity index (χ1) is 6.38. The van der Waals surface area contributed by atoms with Gasteiger partial charge in [0.2, 0.25) is 0 Å². The van der Waals surface area contributed by atoms with E-state index in [-0.39, 0.29) is 0 Å². The molecule has 1 aromatic carbocycles. The molecule has 2 rings (SSSR count). The molecule has 1 fully saturated rings. The molecule has 0 saturated carbocycles. The molecule has 0 spiro atoms. The van der Waals surface area contributed by atoms with Gasteiger partial charge >= 0.3 is 86.8 Å². The third-order valence-corrected chi connectivity index (χ3v) is 3.45. The molecule has 0 aliphatic carbocycles. The number of likely N-dealkylation sites (tertiary alicyclic amines) is 1. The normalized spacial score (nSPS) is 16.2. The third kappa shape index (κ3) is 2.01. The van der Waals surface area contributed by atoms with Gasteiger partial charge in [0.15, 0.2) is 0 Å². The fourth-order valence-electron chi connectivity index (χ4n) is 1.68. The van der Waals surface area contributed by atoms with Gasteiger partial charge in [-0.1, -0.05) is 0 Å². The summed E-state index contributed by atoms with van der Waals surface area (Å²) < 4.78 is 1.30. The first-order valence-corrected chi connectivity index (χ1v) is 5.58. The van der Waals surface area contributed by atoms with Crippen molar-refractivity contribution in [3.63, 3.8) is 0 Å². The molecule has 1 aliphatic heterocycles. The van der Waals surface area contributed by atoms with Crippen LogP contribution >= 0.6 is 0 Å². The molecule has 68 valence electrons. The van der Waals surface area contributed by atoms with Crippen LogP contribution in [-0.2, 0) is 0 Å². The van der Waals surface area contributed by atoms with Gasteiger partial charge in [0.1, 0.15) is 0 Å². The Labute approximate surface area is 87.1 Å². The molecular formula is C11H13NSe. The van der Waals surface area contributed by atoms with E-state index in [4.69, 9.17) is 0 Å². The second-order valence-electron chi connectivity index (χ2n) is 3.37. The molecule has 0 N–H and O–H groups in total. The van der Waals surface area contributed by atoms with E-state index < -0.39 is 0 Å². The molecule has 1 aromatic rings. The fourth-order valence-corrected chi connectivity index (χ4v) is 2.35. The second-order valence-corrected chi connectivity index (χ2v) is 4.18. The molecule has 13 heavy (non-hydrogen) atoms. The topological polar surface area (TPSA) is 3.24 Å². The molecular weight excluding hydrogens is 225 g/mol. The summed E-state index contributed by atoms with van der Waals surface area (Å²) in [7, 11) is 0. The van der Waals surface area contributed by atoms with Crippen LogP contribution in [0.3, 0.4) is 0 Å². The predicted octanol–water partition coefficient (Wildman–Crippen LogP) is 1.43. The van der Waals surface area contributed by atoms with Crippen molar-refractivity contribution < 1.29 is 0 Å². The van der Waals surface area contributed by atoms with Crippen molar-refractivity contribution >= 4 is 20.1 Å². The van der Waals surface area contributed by atoms with Crippen molar-refractivity contribution in [3.8, 4) is 0 Å². The van der Waals surface area contributed by atoms with Crippen LogP contribution < -0.4 is 0 Å². The molecule has 0 aromatic heterocycles. The average molecular weight is 238 g/mol. The van der Waals surface area contributed by atoms with Crippen LogP contribution in [0, 0.1) is 0 Å². The first-order valence-electron chi connectivity index (χ1n) is 4.72. The minimum absolute atomic E-state index is 1.21. The summed E-state index contributed by atoms with van der Waals surface area (Å²) in [6.45, 7) is 2.41. The zero-order chi connectivity index (χ0) is 9.10. The van der Waals surface area contributed by atoms with Crippen molar-refractivity contribution in [1.29, 1.82) is 0 Å². The van der Waals surface area contributed by atoms with Crippen LogP contribution in [0.5, 0.6) is 0 Å². The molecule has 0 atom stereocenters. The molecule has 0 amide bonds. The van der Waals surface area contributed by atoms with Gasteiger partial charge in [0.05, 0.1) is 0 Å². The van der Waals surface area contributed by atoms with Gasteiger partial charge in [-0.3, -0.25) is 0 Å². The second kappa shape index (κ2) is 4.08. The summed E-state index contributed by atoms with van der Waals surface area (Å²) in [4.78, 5) is 2.43. The van der Waals surface area contributed by atoms with Crippen molar-refractivity contribution in [2.45, 2.75) is 12.8 Å². The number of benzene rings is 1. The molecule has 0 unspecified atom stereocenters. The predicted molar refractivity (Wildman–Crippen MR) is 57.1 cm³/mol. The van der Waals surface area contributed by atoms with Crippen LogP contribution in [0.15, 0.2) is 30.3 Å². The molecule has 0 radical (unpaired) electrons. The monoisotopic (exact) mass is 239 g/mol. The standard InChI is InChI=1S/C11H13NSe/c13-11(12-8-4-5-9-12)10-6-2-1-3-7-10/h1-3,6-7H,4-5,8-9H2. The SMILES string of the molecule is [Se]=C(c1ccccc1)N1CCCC1. The maximum atomic E-state index is 3.18. The van der Waals surface area contributed by atoms with E-state index in [1.165, 1.54) is 36.0 Å². The van der Waals surface area contributed by atoms with Crippen LogP contribution in [0.1, 0.15) is 18.4 Å². The third-order valence-electron chi connectivity index (χ3n) is 2.41. The summed E-state index contributed by atoms with van der Waals surface area (Å²) in [6.07, 6.45) is 2.66. The number of hydrogen-bond acceptors (Lipinski definition) is 1. The molecule has 0 bridgehead atoms. The van der Waals surface area contributed by atoms with Gasteiger partial charge < -0.3 is 0 Å². The molecule has 2 heteroatoms. The van der Waals surface area contributed by atoms with E-state index in [0.717, 1.165) is 0 Å². The number of hydrogen-bond donors (Lipinski definition) is 0. The maximum absolute atomic E-state index is 3.18. The van der Waals surface area contributed by atoms with Gasteiger partial charge in [0, 0.05) is 0 Å².